The molecule has 0 atom stereocenters. The summed E-state index contributed by atoms with van der Waals surface area (Å²) in [5.74, 6) is -0.199. The Bertz CT molecular complexity index is 1040. The minimum absolute atomic E-state index is 0.122. The third-order valence-corrected chi connectivity index (χ3v) is 5.31. The summed E-state index contributed by atoms with van der Waals surface area (Å²) in [6.07, 6.45) is 1.62. The summed E-state index contributed by atoms with van der Waals surface area (Å²) < 4.78 is 0. The first-order valence-electron chi connectivity index (χ1n) is 9.56. The summed E-state index contributed by atoms with van der Waals surface area (Å²) in [5, 5.41) is 13.3. The predicted octanol–water partition coefficient (Wildman–Crippen LogP) is 4.29. The van der Waals surface area contributed by atoms with E-state index in [1.54, 1.807) is 18.3 Å². The lowest BCUT2D eigenvalue weighted by molar-refractivity contribution is 0.0955. The number of benzene rings is 3. The van der Waals surface area contributed by atoms with Crippen molar-refractivity contribution >= 4 is 17.8 Å². The first kappa shape index (κ1) is 18.7. The molecule has 0 aromatic heterocycles. The second-order valence-corrected chi connectivity index (χ2v) is 7.40. The Labute approximate surface area is 170 Å². The molecule has 2 N–H and O–H groups in total. The number of phenols is 1. The molecule has 29 heavy (non-hydrogen) atoms. The van der Waals surface area contributed by atoms with Crippen LogP contribution in [0, 0.1) is 13.8 Å². The van der Waals surface area contributed by atoms with Gasteiger partial charge in [-0.25, -0.2) is 5.43 Å². The fraction of sp³-hybridized carbons (Fsp3) is 0.167. The van der Waals surface area contributed by atoms with Gasteiger partial charge in [-0.3, -0.25) is 4.79 Å². The molecule has 1 amide bonds. The van der Waals surface area contributed by atoms with Crippen LogP contribution in [-0.4, -0.2) is 17.2 Å². The van der Waals surface area contributed by atoms with Crippen molar-refractivity contribution in [2.45, 2.75) is 26.9 Å². The Hall–Kier alpha value is -3.60. The van der Waals surface area contributed by atoms with Crippen molar-refractivity contribution in [3.05, 3.63) is 94.0 Å². The fourth-order valence-corrected chi connectivity index (χ4v) is 3.49. The van der Waals surface area contributed by atoms with Gasteiger partial charge in [0.25, 0.3) is 5.91 Å². The molecule has 0 saturated carbocycles. The number of nitrogens with one attached hydrogen (secondary N) is 1. The van der Waals surface area contributed by atoms with Crippen LogP contribution in [0.25, 0.3) is 0 Å². The fourth-order valence-electron chi connectivity index (χ4n) is 3.49. The van der Waals surface area contributed by atoms with Crippen molar-refractivity contribution in [1.82, 2.24) is 5.43 Å². The highest BCUT2D eigenvalue weighted by Gasteiger charge is 2.19. The predicted molar refractivity (Wildman–Crippen MR) is 115 cm³/mol. The van der Waals surface area contributed by atoms with Crippen LogP contribution < -0.4 is 10.3 Å². The number of hydrogen-bond donors (Lipinski definition) is 2. The molecule has 3 aromatic rings. The summed E-state index contributed by atoms with van der Waals surface area (Å²) in [5.41, 5.74) is 10.5. The molecule has 0 spiro atoms. The molecule has 1 aliphatic rings. The standard InChI is InChI=1S/C24H23N3O2/c1-16-11-20-14-27(15-21(20)12-17(16)2)22-7-3-18(4-8-22)13-25-26-24(29)19-5-9-23(28)10-6-19/h3-13,28H,14-15H2,1-2H3,(H,26,29)/b25-13+. The van der Waals surface area contributed by atoms with Gasteiger partial charge in [-0.05, 0) is 78.1 Å². The van der Waals surface area contributed by atoms with Gasteiger partial charge in [-0.15, -0.1) is 0 Å². The Morgan fingerprint density at radius 1 is 0.966 bits per heavy atom. The molecule has 0 fully saturated rings. The number of aromatic hydroxyl groups is 1. The maximum atomic E-state index is 12.0. The van der Waals surface area contributed by atoms with Gasteiger partial charge >= 0.3 is 0 Å². The summed E-state index contributed by atoms with van der Waals surface area (Å²) in [7, 11) is 0. The van der Waals surface area contributed by atoms with Crippen LogP contribution in [0.4, 0.5) is 5.69 Å². The average molecular weight is 385 g/mol. The molecule has 0 aliphatic carbocycles. The summed E-state index contributed by atoms with van der Waals surface area (Å²) in [4.78, 5) is 14.4. The normalized spacial score (nSPS) is 13.0. The number of hydrogen-bond acceptors (Lipinski definition) is 4. The number of nitrogens with zero attached hydrogens (tertiary/aromatic N) is 2. The van der Waals surface area contributed by atoms with Crippen molar-refractivity contribution in [1.29, 1.82) is 0 Å². The molecule has 1 heterocycles. The number of amides is 1. The number of carbonyl (C=O) groups is 1. The number of aryl methyl sites for hydroxylation is 2. The lowest BCUT2D eigenvalue weighted by atomic mass is 10.0. The molecular weight excluding hydrogens is 362 g/mol. The zero-order valence-electron chi connectivity index (χ0n) is 16.5. The number of rotatable bonds is 4. The quantitative estimate of drug-likeness (QED) is 0.520. The van der Waals surface area contributed by atoms with Crippen LogP contribution in [0.1, 0.15) is 38.2 Å². The smallest absolute Gasteiger partial charge is 0.271 e. The minimum Gasteiger partial charge on any atom is -0.508 e. The van der Waals surface area contributed by atoms with Crippen LogP contribution in [0.2, 0.25) is 0 Å². The topological polar surface area (TPSA) is 64.9 Å². The van der Waals surface area contributed by atoms with Gasteiger partial charge in [-0.1, -0.05) is 24.3 Å². The molecule has 0 unspecified atom stereocenters. The average Bonchev–Trinajstić information content (AvgIpc) is 3.12. The van der Waals surface area contributed by atoms with Crippen molar-refractivity contribution < 1.29 is 9.90 Å². The van der Waals surface area contributed by atoms with Gasteiger partial charge in [-0.2, -0.15) is 5.10 Å². The van der Waals surface area contributed by atoms with Crippen LogP contribution in [0.3, 0.4) is 0 Å². The SMILES string of the molecule is Cc1cc2c(cc1C)CN(c1ccc(/C=N/NC(=O)c3ccc(O)cc3)cc1)C2. The van der Waals surface area contributed by atoms with E-state index in [1.165, 1.54) is 40.1 Å². The summed E-state index contributed by atoms with van der Waals surface area (Å²) in [6.45, 7) is 6.17. The molecule has 4 rings (SSSR count). The van der Waals surface area contributed by atoms with Gasteiger partial charge in [0, 0.05) is 24.3 Å². The van der Waals surface area contributed by atoms with Crippen molar-refractivity contribution in [3.8, 4) is 5.75 Å². The molecule has 0 radical (unpaired) electrons. The van der Waals surface area contributed by atoms with E-state index in [1.807, 2.05) is 12.1 Å². The van der Waals surface area contributed by atoms with Gasteiger partial charge in [0.2, 0.25) is 0 Å². The third kappa shape index (κ3) is 4.14. The maximum absolute atomic E-state index is 12.0. The summed E-state index contributed by atoms with van der Waals surface area (Å²) >= 11 is 0. The maximum Gasteiger partial charge on any atom is 0.271 e. The van der Waals surface area contributed by atoms with Gasteiger partial charge in [0.1, 0.15) is 5.75 Å². The number of carbonyl (C=O) groups excluding carboxylic acids is 1. The molecular formula is C24H23N3O2. The Balaban J connectivity index is 1.38. The van der Waals surface area contributed by atoms with E-state index >= 15 is 0 Å². The molecule has 3 aromatic carbocycles. The van der Waals surface area contributed by atoms with E-state index in [4.69, 9.17) is 0 Å². The third-order valence-electron chi connectivity index (χ3n) is 5.31. The van der Waals surface area contributed by atoms with Gasteiger partial charge < -0.3 is 10.0 Å². The number of anilines is 1. The van der Waals surface area contributed by atoms with E-state index in [0.29, 0.717) is 5.56 Å². The van der Waals surface area contributed by atoms with Crippen LogP contribution in [0.5, 0.6) is 5.75 Å². The van der Waals surface area contributed by atoms with Gasteiger partial charge in [0.05, 0.1) is 6.21 Å². The van der Waals surface area contributed by atoms with E-state index in [9.17, 15) is 9.90 Å². The van der Waals surface area contributed by atoms with Crippen LogP contribution >= 0.6 is 0 Å². The first-order chi connectivity index (χ1) is 14.0. The highest BCUT2D eigenvalue weighted by molar-refractivity contribution is 5.95. The van der Waals surface area contributed by atoms with E-state index < -0.39 is 0 Å². The minimum atomic E-state index is -0.321. The molecule has 1 aliphatic heterocycles. The van der Waals surface area contributed by atoms with E-state index in [0.717, 1.165) is 18.7 Å². The van der Waals surface area contributed by atoms with Crippen molar-refractivity contribution in [3.63, 3.8) is 0 Å². The zero-order chi connectivity index (χ0) is 20.4. The number of hydrazone groups is 1. The summed E-state index contributed by atoms with van der Waals surface area (Å²) in [6, 6.07) is 18.8. The molecule has 146 valence electrons. The monoisotopic (exact) mass is 385 g/mol. The number of fused-ring (bicyclic) bond motifs is 1. The highest BCUT2D eigenvalue weighted by Crippen LogP contribution is 2.30. The Morgan fingerprint density at radius 3 is 2.14 bits per heavy atom. The molecule has 0 saturated heterocycles. The molecule has 5 nitrogen and oxygen atoms in total. The van der Waals surface area contributed by atoms with Crippen LogP contribution in [-0.2, 0) is 13.1 Å². The zero-order valence-corrected chi connectivity index (χ0v) is 16.5. The first-order valence-corrected chi connectivity index (χ1v) is 9.56. The van der Waals surface area contributed by atoms with Crippen molar-refractivity contribution in [2.75, 3.05) is 4.90 Å². The molecule has 5 heteroatoms. The second-order valence-electron chi connectivity index (χ2n) is 7.40. The second kappa shape index (κ2) is 7.80. The number of phenolic OH excluding ortho intramolecular Hbond substituents is 1. The largest absolute Gasteiger partial charge is 0.508 e. The Morgan fingerprint density at radius 2 is 1.55 bits per heavy atom. The van der Waals surface area contributed by atoms with Crippen molar-refractivity contribution in [2.24, 2.45) is 5.10 Å². The van der Waals surface area contributed by atoms with Gasteiger partial charge in [0.15, 0.2) is 0 Å². The molecule has 0 bridgehead atoms. The Kier molecular flexibility index (Phi) is 5.04. The van der Waals surface area contributed by atoms with E-state index in [2.05, 4.69) is 53.5 Å². The highest BCUT2D eigenvalue weighted by atomic mass is 16.3. The van der Waals surface area contributed by atoms with E-state index in [-0.39, 0.29) is 11.7 Å². The lowest BCUT2D eigenvalue weighted by Gasteiger charge is -2.17. The van der Waals surface area contributed by atoms with Crippen LogP contribution in [0.15, 0.2) is 65.8 Å². The lowest BCUT2D eigenvalue weighted by Crippen LogP contribution is -2.17.